The summed E-state index contributed by atoms with van der Waals surface area (Å²) < 4.78 is 45.9. The van der Waals surface area contributed by atoms with Crippen LogP contribution in [-0.2, 0) is 15.4 Å². The number of anilines is 1. The Balaban J connectivity index is 2.05. The first-order chi connectivity index (χ1) is 16.9. The Labute approximate surface area is 211 Å². The van der Waals surface area contributed by atoms with Crippen molar-refractivity contribution in [2.75, 3.05) is 25.0 Å². The van der Waals surface area contributed by atoms with Crippen molar-refractivity contribution in [1.29, 1.82) is 0 Å². The third kappa shape index (κ3) is 6.62. The number of nitrogens with zero attached hydrogens (tertiary/aromatic N) is 2. The maximum atomic E-state index is 13.3. The number of methoxy groups -OCH3 is 1. The Morgan fingerprint density at radius 1 is 1.03 bits per heavy atom. The molecule has 1 heterocycles. The summed E-state index contributed by atoms with van der Waals surface area (Å²) in [5, 5.41) is 18.9. The number of aliphatic hydroxyl groups excluding tert-OH is 2. The third-order valence-electron chi connectivity index (χ3n) is 5.11. The zero-order valence-electron chi connectivity index (χ0n) is 20.8. The van der Waals surface area contributed by atoms with Crippen molar-refractivity contribution in [3.05, 3.63) is 59.9 Å². The highest BCUT2D eigenvalue weighted by Crippen LogP contribution is 2.40. The van der Waals surface area contributed by atoms with Gasteiger partial charge in [0.25, 0.3) is 15.9 Å². The fourth-order valence-electron chi connectivity index (χ4n) is 3.16. The van der Waals surface area contributed by atoms with Crippen LogP contribution in [0.5, 0.6) is 23.1 Å². The average molecular weight is 518 g/mol. The van der Waals surface area contributed by atoms with Crippen molar-refractivity contribution in [3.63, 3.8) is 0 Å². The van der Waals surface area contributed by atoms with Gasteiger partial charge in [-0.1, -0.05) is 45.0 Å². The van der Waals surface area contributed by atoms with Gasteiger partial charge in [-0.3, -0.25) is 4.72 Å². The van der Waals surface area contributed by atoms with Crippen molar-refractivity contribution in [2.45, 2.75) is 44.1 Å². The van der Waals surface area contributed by atoms with Crippen LogP contribution >= 0.6 is 0 Å². The highest BCUT2D eigenvalue weighted by molar-refractivity contribution is 7.92. The van der Waals surface area contributed by atoms with Crippen LogP contribution in [0.2, 0.25) is 0 Å². The van der Waals surface area contributed by atoms with Crippen molar-refractivity contribution < 1.29 is 32.8 Å². The molecule has 3 N–H and O–H groups in total. The van der Waals surface area contributed by atoms with Crippen LogP contribution in [0, 0.1) is 6.92 Å². The van der Waals surface area contributed by atoms with E-state index in [1.165, 1.54) is 19.2 Å². The summed E-state index contributed by atoms with van der Waals surface area (Å²) in [6, 6.07) is 13.3. The molecular formula is C25H31N3O7S. The first-order valence-corrected chi connectivity index (χ1v) is 12.7. The number of aliphatic hydroxyl groups is 2. The molecular weight excluding hydrogens is 486 g/mol. The lowest BCUT2D eigenvalue weighted by atomic mass is 9.87. The monoisotopic (exact) mass is 517 g/mol. The molecule has 0 aliphatic rings. The number of hydrogen-bond donors (Lipinski definition) is 3. The van der Waals surface area contributed by atoms with E-state index in [1.54, 1.807) is 43.3 Å². The number of benzene rings is 2. The van der Waals surface area contributed by atoms with Gasteiger partial charge >= 0.3 is 0 Å². The number of hydrogen-bond acceptors (Lipinski definition) is 9. The molecule has 0 saturated carbocycles. The van der Waals surface area contributed by atoms with Crippen LogP contribution in [0.3, 0.4) is 0 Å². The Bertz CT molecular complexity index is 1290. The average Bonchev–Trinajstić information content (AvgIpc) is 2.83. The summed E-state index contributed by atoms with van der Waals surface area (Å²) >= 11 is 0. The molecule has 1 atom stereocenters. The molecule has 3 aromatic rings. The topological polar surface area (TPSA) is 140 Å². The van der Waals surface area contributed by atoms with Crippen molar-refractivity contribution in [1.82, 2.24) is 9.97 Å². The van der Waals surface area contributed by atoms with Crippen LogP contribution in [-0.4, -0.2) is 55.0 Å². The second-order valence-corrected chi connectivity index (χ2v) is 10.7. The molecule has 0 aliphatic carbocycles. The lowest BCUT2D eigenvalue weighted by Gasteiger charge is -2.20. The predicted molar refractivity (Wildman–Crippen MR) is 134 cm³/mol. The van der Waals surface area contributed by atoms with Crippen molar-refractivity contribution >= 4 is 15.8 Å². The van der Waals surface area contributed by atoms with Gasteiger partial charge in [0.15, 0.2) is 17.3 Å². The molecule has 2 aromatic carbocycles. The molecule has 36 heavy (non-hydrogen) atoms. The maximum absolute atomic E-state index is 13.3. The van der Waals surface area contributed by atoms with E-state index in [-0.39, 0.29) is 45.9 Å². The number of ether oxygens (including phenoxy) is 3. The summed E-state index contributed by atoms with van der Waals surface area (Å²) in [6.07, 6.45) is -1.18. The minimum absolute atomic E-state index is 0.0354. The van der Waals surface area contributed by atoms with E-state index in [0.29, 0.717) is 5.75 Å². The van der Waals surface area contributed by atoms with Gasteiger partial charge in [0.1, 0.15) is 18.5 Å². The number of rotatable bonds is 10. The number of aryl methyl sites for hydroxylation is 1. The lowest BCUT2D eigenvalue weighted by molar-refractivity contribution is 0.0512. The maximum Gasteiger partial charge on any atom is 0.263 e. The minimum Gasteiger partial charge on any atom is -0.493 e. The molecule has 0 saturated heterocycles. The van der Waals surface area contributed by atoms with Crippen molar-refractivity contribution in [3.8, 4) is 23.1 Å². The summed E-state index contributed by atoms with van der Waals surface area (Å²) in [5.74, 6) is 0.409. The molecule has 0 spiro atoms. The number of aromatic nitrogens is 2. The smallest absolute Gasteiger partial charge is 0.263 e. The first kappa shape index (κ1) is 27.2. The van der Waals surface area contributed by atoms with E-state index >= 15 is 0 Å². The predicted octanol–water partition coefficient (Wildman–Crippen LogP) is 3.42. The summed E-state index contributed by atoms with van der Waals surface area (Å²) in [6.45, 7) is 6.82. The fraction of sp³-hybridized carbons (Fsp3) is 0.360. The Morgan fingerprint density at radius 3 is 2.25 bits per heavy atom. The standard InChI is InChI=1S/C25H31N3O7S/c1-16-26-23(28-36(31,32)19-12-10-17(11-13-19)25(2,3)4)22(24(27-16)34-15-18(30)14-29)35-21-9-7-6-8-20(21)33-5/h6-13,18,29-30H,14-15H2,1-5H3,(H,26,27,28). The summed E-state index contributed by atoms with van der Waals surface area (Å²) in [4.78, 5) is 8.48. The molecule has 0 fully saturated rings. The van der Waals surface area contributed by atoms with Gasteiger partial charge in [-0.25, -0.2) is 13.4 Å². The van der Waals surface area contributed by atoms with Crippen LogP contribution in [0.1, 0.15) is 32.2 Å². The minimum atomic E-state index is -4.07. The van der Waals surface area contributed by atoms with E-state index in [0.717, 1.165) is 5.56 Å². The molecule has 1 aromatic heterocycles. The Hall–Kier alpha value is -3.41. The molecule has 11 heteroatoms. The van der Waals surface area contributed by atoms with Gasteiger partial charge in [-0.2, -0.15) is 4.98 Å². The SMILES string of the molecule is COc1ccccc1Oc1c(NS(=O)(=O)c2ccc(C(C)(C)C)cc2)nc(C)nc1OCC(O)CO. The second kappa shape index (κ2) is 11.1. The number of nitrogens with one attached hydrogen (secondary N) is 1. The molecule has 0 aliphatic heterocycles. The van der Waals surface area contributed by atoms with E-state index in [2.05, 4.69) is 14.7 Å². The number of para-hydroxylation sites is 2. The molecule has 194 valence electrons. The molecule has 1 unspecified atom stereocenters. The zero-order valence-corrected chi connectivity index (χ0v) is 21.7. The quantitative estimate of drug-likeness (QED) is 0.369. The van der Waals surface area contributed by atoms with E-state index in [4.69, 9.17) is 19.3 Å². The van der Waals surface area contributed by atoms with Crippen LogP contribution < -0.4 is 18.9 Å². The van der Waals surface area contributed by atoms with Crippen molar-refractivity contribution in [2.24, 2.45) is 0 Å². The van der Waals surface area contributed by atoms with Gasteiger partial charge in [-0.15, -0.1) is 0 Å². The molecule has 3 rings (SSSR count). The van der Waals surface area contributed by atoms with E-state index in [9.17, 15) is 13.5 Å². The number of sulfonamides is 1. The summed E-state index contributed by atoms with van der Waals surface area (Å²) in [7, 11) is -2.61. The van der Waals surface area contributed by atoms with Gasteiger partial charge < -0.3 is 24.4 Å². The van der Waals surface area contributed by atoms with Crippen LogP contribution in [0.25, 0.3) is 0 Å². The Morgan fingerprint density at radius 2 is 1.67 bits per heavy atom. The largest absolute Gasteiger partial charge is 0.493 e. The zero-order chi connectivity index (χ0) is 26.5. The molecule has 0 radical (unpaired) electrons. The molecule has 0 bridgehead atoms. The van der Waals surface area contributed by atoms with E-state index < -0.39 is 22.7 Å². The second-order valence-electron chi connectivity index (χ2n) is 9.03. The van der Waals surface area contributed by atoms with Gasteiger partial charge in [0.05, 0.1) is 18.6 Å². The first-order valence-electron chi connectivity index (χ1n) is 11.2. The fourth-order valence-corrected chi connectivity index (χ4v) is 4.16. The highest BCUT2D eigenvalue weighted by Gasteiger charge is 2.25. The van der Waals surface area contributed by atoms with E-state index in [1.807, 2.05) is 20.8 Å². The highest BCUT2D eigenvalue weighted by atomic mass is 32.2. The third-order valence-corrected chi connectivity index (χ3v) is 6.47. The summed E-state index contributed by atoms with van der Waals surface area (Å²) in [5.41, 5.74) is 0.846. The molecule has 10 nitrogen and oxygen atoms in total. The Kier molecular flexibility index (Phi) is 8.39. The lowest BCUT2D eigenvalue weighted by Crippen LogP contribution is -2.22. The van der Waals surface area contributed by atoms with Gasteiger partial charge in [0, 0.05) is 0 Å². The van der Waals surface area contributed by atoms with Crippen LogP contribution in [0.4, 0.5) is 5.82 Å². The molecule has 0 amide bonds. The van der Waals surface area contributed by atoms with Crippen LogP contribution in [0.15, 0.2) is 53.4 Å². The normalized spacial score (nSPS) is 12.6. The van der Waals surface area contributed by atoms with Gasteiger partial charge in [0.2, 0.25) is 5.75 Å². The van der Waals surface area contributed by atoms with Gasteiger partial charge in [-0.05, 0) is 42.2 Å².